The topological polar surface area (TPSA) is 352 Å². The predicted octanol–water partition coefficient (Wildman–Crippen LogP) is 1.80. The third kappa shape index (κ3) is 16.8. The van der Waals surface area contributed by atoms with Gasteiger partial charge in [-0.05, 0) is 92.3 Å². The number of amides is 9. The Kier molecular flexibility index (Phi) is 21.8. The number of urea groups is 1. The lowest BCUT2D eigenvalue weighted by atomic mass is 9.76. The highest BCUT2D eigenvalue weighted by atomic mass is 35.5. The molecule has 9 amide bonds. The molecular weight excluding hydrogens is 974 g/mol. The number of H-pyrrole nitrogens is 1. The van der Waals surface area contributed by atoms with E-state index in [1.807, 2.05) is 37.3 Å². The van der Waals surface area contributed by atoms with Crippen LogP contribution in [0.2, 0.25) is 5.02 Å². The number of fused-ring (bicyclic) bond motifs is 2. The molecule has 1 heterocycles. The summed E-state index contributed by atoms with van der Waals surface area (Å²) in [5.41, 5.74) is 18.2. The molecule has 0 saturated heterocycles. The summed E-state index contributed by atoms with van der Waals surface area (Å²) in [6.45, 7) is 2.22. The quantitative estimate of drug-likeness (QED) is 0.0348. The van der Waals surface area contributed by atoms with Gasteiger partial charge in [-0.1, -0.05) is 85.6 Å². The Labute approximate surface area is 434 Å². The van der Waals surface area contributed by atoms with Crippen LogP contribution in [0.25, 0.3) is 10.9 Å². The van der Waals surface area contributed by atoms with Gasteiger partial charge in [0.1, 0.15) is 35.7 Å². The van der Waals surface area contributed by atoms with Crippen molar-refractivity contribution in [1.82, 2.24) is 42.2 Å². The molecule has 21 nitrogen and oxygen atoms in total. The van der Waals surface area contributed by atoms with Gasteiger partial charge in [0, 0.05) is 54.4 Å². The van der Waals surface area contributed by atoms with Gasteiger partial charge < -0.3 is 64.5 Å². The van der Waals surface area contributed by atoms with Crippen LogP contribution < -0.4 is 54.4 Å². The van der Waals surface area contributed by atoms with E-state index in [-0.39, 0.29) is 64.3 Å². The zero-order valence-corrected chi connectivity index (χ0v) is 42.2. The smallest absolute Gasteiger partial charge is 0.312 e. The first-order chi connectivity index (χ1) is 35.4. The number of aryl methyl sites for hydroxylation is 1. The molecule has 22 heteroatoms. The number of carboxylic acids is 1. The van der Waals surface area contributed by atoms with Gasteiger partial charge in [0.2, 0.25) is 41.4 Å². The summed E-state index contributed by atoms with van der Waals surface area (Å²) >= 11 is 6.70. The van der Waals surface area contributed by atoms with Crippen LogP contribution in [0.15, 0.2) is 79.0 Å². The van der Waals surface area contributed by atoms with Crippen LogP contribution in [-0.4, -0.2) is 112 Å². The molecule has 5 rings (SSSR count). The first-order valence-corrected chi connectivity index (χ1v) is 25.2. The zero-order valence-electron chi connectivity index (χ0n) is 41.4. The Bertz CT molecular complexity index is 2630. The van der Waals surface area contributed by atoms with E-state index in [1.54, 1.807) is 48.7 Å². The fraction of sp³-hybridized carbons (Fsp3) is 0.442. The van der Waals surface area contributed by atoms with Crippen molar-refractivity contribution in [3.05, 3.63) is 106 Å². The minimum absolute atomic E-state index is 0.00427. The summed E-state index contributed by atoms with van der Waals surface area (Å²) in [7, 11) is 0. The standard InChI is InChI=1S/C52H68ClN11O10/c1-2-3-21-43(65)59-42(28-44(66)67)49(72)64-52(23-22-32-15-11-17-36(53)35(32)29-52)50(73)63-40(26-31-13-5-4-6-14-31)47(70)61-39(20-12-25-57-51(56)74)46(69)62-41(27-33-30-58-37-18-8-7-16-34(33)37)48(71)60-38(45(55)68)19-9-10-24-54/h4-8,11,13-18,30,38-42,58H,2-3,9-10,12,19-29,54H2,1H3,(H2,55,68)(H,59,65)(H,60,71)(H,61,70)(H,62,69)(H,63,73)(H,64,72)(H,66,67)(H3,56,57,74)/t38-,39-,40+,41-,42-,52?/m0/s1. The summed E-state index contributed by atoms with van der Waals surface area (Å²) in [5, 5.41) is 29.6. The lowest BCUT2D eigenvalue weighted by Crippen LogP contribution is -2.67. The third-order valence-corrected chi connectivity index (χ3v) is 13.3. The maximum atomic E-state index is 15.1. The summed E-state index contributed by atoms with van der Waals surface area (Å²) in [6, 6.07) is 13.5. The predicted molar refractivity (Wildman–Crippen MR) is 277 cm³/mol. The van der Waals surface area contributed by atoms with Crippen molar-refractivity contribution in [2.45, 2.75) is 133 Å². The number of nitrogens with one attached hydrogen (secondary N) is 8. The van der Waals surface area contributed by atoms with Crippen molar-refractivity contribution in [3.63, 3.8) is 0 Å². The average Bonchev–Trinajstić information content (AvgIpc) is 3.78. The van der Waals surface area contributed by atoms with Crippen LogP contribution in [0.1, 0.15) is 93.4 Å². The number of unbranched alkanes of at least 4 members (excludes halogenated alkanes) is 2. The van der Waals surface area contributed by atoms with E-state index in [1.165, 1.54) is 0 Å². The largest absolute Gasteiger partial charge is 0.481 e. The van der Waals surface area contributed by atoms with E-state index in [9.17, 15) is 43.5 Å². The van der Waals surface area contributed by atoms with E-state index >= 15 is 4.79 Å². The molecule has 0 fully saturated rings. The molecule has 1 aromatic heterocycles. The molecule has 0 radical (unpaired) electrons. The molecule has 74 heavy (non-hydrogen) atoms. The second kappa shape index (κ2) is 28.1. The van der Waals surface area contributed by atoms with Crippen LogP contribution >= 0.6 is 11.6 Å². The summed E-state index contributed by atoms with van der Waals surface area (Å²) in [6.07, 6.45) is 3.15. The number of halogens is 1. The zero-order chi connectivity index (χ0) is 53.8. The van der Waals surface area contributed by atoms with Crippen molar-refractivity contribution in [3.8, 4) is 0 Å². The summed E-state index contributed by atoms with van der Waals surface area (Å²) in [4.78, 5) is 125. The van der Waals surface area contributed by atoms with Gasteiger partial charge in [-0.2, -0.15) is 0 Å². The Morgan fingerprint density at radius 3 is 2.07 bits per heavy atom. The number of aromatic nitrogens is 1. The first kappa shape index (κ1) is 57.4. The number of carboxylic acid groups (broad SMARTS) is 1. The molecule has 0 spiro atoms. The normalized spacial score (nSPS) is 15.9. The molecule has 0 bridgehead atoms. The van der Waals surface area contributed by atoms with E-state index in [4.69, 9.17) is 28.8 Å². The number of carbonyl (C=O) groups excluding carboxylic acids is 8. The van der Waals surface area contributed by atoms with E-state index in [2.05, 4.69) is 42.2 Å². The van der Waals surface area contributed by atoms with Crippen molar-refractivity contribution < 1.29 is 48.3 Å². The van der Waals surface area contributed by atoms with Crippen LogP contribution in [0.3, 0.4) is 0 Å². The monoisotopic (exact) mass is 1040 g/mol. The second-order valence-corrected chi connectivity index (χ2v) is 18.9. The van der Waals surface area contributed by atoms with Crippen LogP contribution in [0.4, 0.5) is 4.79 Å². The lowest BCUT2D eigenvalue weighted by molar-refractivity contribution is -0.142. The van der Waals surface area contributed by atoms with E-state index < -0.39 is 95.5 Å². The number of aromatic amines is 1. The second-order valence-electron chi connectivity index (χ2n) is 18.5. The van der Waals surface area contributed by atoms with Crippen molar-refractivity contribution in [2.75, 3.05) is 13.1 Å². The van der Waals surface area contributed by atoms with Crippen LogP contribution in [0.5, 0.6) is 0 Å². The molecular formula is C52H68ClN11O10. The van der Waals surface area contributed by atoms with Crippen LogP contribution in [-0.2, 0) is 64.0 Å². The fourth-order valence-corrected chi connectivity index (χ4v) is 9.17. The van der Waals surface area contributed by atoms with Gasteiger partial charge in [0.15, 0.2) is 0 Å². The maximum Gasteiger partial charge on any atom is 0.312 e. The van der Waals surface area contributed by atoms with Crippen molar-refractivity contribution in [2.24, 2.45) is 17.2 Å². The van der Waals surface area contributed by atoms with Gasteiger partial charge in [-0.25, -0.2) is 4.79 Å². The van der Waals surface area contributed by atoms with E-state index in [0.717, 1.165) is 16.5 Å². The average molecular weight is 1040 g/mol. The van der Waals surface area contributed by atoms with Gasteiger partial charge in [-0.3, -0.25) is 38.4 Å². The van der Waals surface area contributed by atoms with Crippen LogP contribution in [0, 0.1) is 0 Å². The van der Waals surface area contributed by atoms with Gasteiger partial charge in [0.25, 0.3) is 0 Å². The van der Waals surface area contributed by atoms with E-state index in [0.29, 0.717) is 53.9 Å². The molecule has 3 aromatic carbocycles. The van der Waals surface area contributed by atoms with Crippen molar-refractivity contribution in [1.29, 1.82) is 0 Å². The molecule has 6 atom stereocenters. The highest BCUT2D eigenvalue weighted by Crippen LogP contribution is 2.34. The lowest BCUT2D eigenvalue weighted by Gasteiger charge is -2.39. The van der Waals surface area contributed by atoms with Gasteiger partial charge in [-0.15, -0.1) is 0 Å². The number of hydrogen-bond donors (Lipinski definition) is 12. The molecule has 4 aromatic rings. The molecule has 15 N–H and O–H groups in total. The highest BCUT2D eigenvalue weighted by Gasteiger charge is 2.46. The number of benzene rings is 3. The number of carbonyl (C=O) groups is 9. The molecule has 1 aliphatic rings. The Hall–Kier alpha value is -7.52. The Balaban J connectivity index is 1.49. The SMILES string of the molecule is CCCCC(=O)N[C@@H](CC(=O)O)C(=O)NC1(C(=O)N[C@H](Cc2ccccc2)C(=O)N[C@@H](CCCNC(N)=O)C(=O)N[C@@H](Cc2c[nH]c3ccccc23)C(=O)N[C@@H](CCCCN)C(N)=O)CCc2cccc(Cl)c2C1. The third-order valence-electron chi connectivity index (χ3n) is 12.9. The number of hydrogen-bond acceptors (Lipinski definition) is 10. The Morgan fingerprint density at radius 1 is 0.716 bits per heavy atom. The molecule has 1 aliphatic carbocycles. The van der Waals surface area contributed by atoms with Gasteiger partial charge in [0.05, 0.1) is 6.42 Å². The summed E-state index contributed by atoms with van der Waals surface area (Å²) in [5.74, 6) is -6.91. The molecule has 398 valence electrons. The molecule has 0 saturated carbocycles. The number of para-hydroxylation sites is 1. The minimum Gasteiger partial charge on any atom is -0.481 e. The van der Waals surface area contributed by atoms with Crippen molar-refractivity contribution >= 4 is 75.9 Å². The number of rotatable bonds is 29. The Morgan fingerprint density at radius 2 is 1.38 bits per heavy atom. The fourth-order valence-electron chi connectivity index (χ4n) is 8.91. The highest BCUT2D eigenvalue weighted by molar-refractivity contribution is 6.31. The number of primary amides is 2. The van der Waals surface area contributed by atoms with Gasteiger partial charge >= 0.3 is 12.0 Å². The minimum atomic E-state index is -1.84. The molecule has 1 unspecified atom stereocenters. The number of aliphatic carboxylic acids is 1. The molecule has 0 aliphatic heterocycles. The maximum absolute atomic E-state index is 15.1. The first-order valence-electron chi connectivity index (χ1n) is 24.9. The number of nitrogens with two attached hydrogens (primary N) is 3. The summed E-state index contributed by atoms with van der Waals surface area (Å²) < 4.78 is 0.